The molecule has 1 aliphatic heterocycles. The van der Waals surface area contributed by atoms with Crippen molar-refractivity contribution < 1.29 is 9.84 Å². The third-order valence-corrected chi connectivity index (χ3v) is 4.11. The van der Waals surface area contributed by atoms with Crippen LogP contribution in [-0.4, -0.2) is 29.3 Å². The third kappa shape index (κ3) is 3.37. The predicted octanol–water partition coefficient (Wildman–Crippen LogP) is 3.02. The van der Waals surface area contributed by atoms with Crippen LogP contribution < -0.4 is 0 Å². The van der Waals surface area contributed by atoms with E-state index in [1.807, 2.05) is 67.6 Å². The molecule has 0 bridgehead atoms. The van der Waals surface area contributed by atoms with Gasteiger partial charge in [0.15, 0.2) is 5.90 Å². The maximum Gasteiger partial charge on any atom is 0.180 e. The van der Waals surface area contributed by atoms with Crippen LogP contribution in [0, 0.1) is 0 Å². The summed E-state index contributed by atoms with van der Waals surface area (Å²) < 4.78 is 5.48. The fraction of sp³-hybridized carbons (Fsp3) is 0.316. The summed E-state index contributed by atoms with van der Waals surface area (Å²) in [6, 6.07) is 19.9. The first-order valence-electron chi connectivity index (χ1n) is 7.63. The van der Waals surface area contributed by atoms with Crippen LogP contribution in [0.4, 0.5) is 0 Å². The summed E-state index contributed by atoms with van der Waals surface area (Å²) in [7, 11) is 0. The fourth-order valence-electron chi connectivity index (χ4n) is 2.97. The molecule has 1 N–H and O–H groups in total. The Bertz CT molecular complexity index is 595. The van der Waals surface area contributed by atoms with Crippen LogP contribution in [0.3, 0.4) is 0 Å². The van der Waals surface area contributed by atoms with E-state index in [9.17, 15) is 5.11 Å². The van der Waals surface area contributed by atoms with E-state index in [2.05, 4.69) is 4.99 Å². The van der Waals surface area contributed by atoms with Gasteiger partial charge in [0, 0.05) is 19.8 Å². The van der Waals surface area contributed by atoms with Crippen molar-refractivity contribution >= 4 is 5.90 Å². The molecule has 0 aromatic heterocycles. The third-order valence-electron chi connectivity index (χ3n) is 4.11. The Kier molecular flexibility index (Phi) is 4.25. The molecule has 0 saturated heterocycles. The Labute approximate surface area is 131 Å². The number of hydrogen-bond acceptors (Lipinski definition) is 3. The molecular formula is C19H21NO2. The summed E-state index contributed by atoms with van der Waals surface area (Å²) >= 11 is 0. The highest BCUT2D eigenvalue weighted by molar-refractivity contribution is 5.75. The maximum absolute atomic E-state index is 11.3. The lowest BCUT2D eigenvalue weighted by Crippen LogP contribution is -2.46. The minimum absolute atomic E-state index is 0.229. The Morgan fingerprint density at radius 2 is 1.50 bits per heavy atom. The molecule has 3 nitrogen and oxygen atoms in total. The lowest BCUT2D eigenvalue weighted by atomic mass is 9.82. The van der Waals surface area contributed by atoms with Crippen LogP contribution in [-0.2, 0) is 17.6 Å². The molecular weight excluding hydrogens is 274 g/mol. The number of rotatable bonds is 5. The van der Waals surface area contributed by atoms with Gasteiger partial charge in [0.05, 0.1) is 5.60 Å². The second-order valence-electron chi connectivity index (χ2n) is 5.90. The highest BCUT2D eigenvalue weighted by atomic mass is 16.5. The summed E-state index contributed by atoms with van der Waals surface area (Å²) in [4.78, 5) is 4.50. The SMILES string of the molecule is CC1=N[C@H](C(O)(Cc2ccccc2)Cc2ccccc2)CO1. The second kappa shape index (κ2) is 6.32. The number of ether oxygens (including phenoxy) is 1. The predicted molar refractivity (Wildman–Crippen MR) is 88.1 cm³/mol. The van der Waals surface area contributed by atoms with E-state index in [-0.39, 0.29) is 6.04 Å². The van der Waals surface area contributed by atoms with E-state index in [4.69, 9.17) is 4.74 Å². The molecule has 0 unspecified atom stereocenters. The van der Waals surface area contributed by atoms with E-state index in [0.29, 0.717) is 25.3 Å². The number of aliphatic hydroxyl groups is 1. The van der Waals surface area contributed by atoms with E-state index < -0.39 is 5.60 Å². The first kappa shape index (κ1) is 14.8. The molecule has 0 amide bonds. The monoisotopic (exact) mass is 295 g/mol. The van der Waals surface area contributed by atoms with Gasteiger partial charge in [-0.05, 0) is 11.1 Å². The summed E-state index contributed by atoms with van der Waals surface area (Å²) in [5.41, 5.74) is 1.28. The second-order valence-corrected chi connectivity index (χ2v) is 5.90. The van der Waals surface area contributed by atoms with Gasteiger partial charge in [-0.3, -0.25) is 0 Å². The average molecular weight is 295 g/mol. The normalized spacial score (nSPS) is 17.9. The summed E-state index contributed by atoms with van der Waals surface area (Å²) in [6.45, 7) is 2.29. The Hall–Kier alpha value is -2.13. The first-order chi connectivity index (χ1) is 10.7. The largest absolute Gasteiger partial charge is 0.479 e. The molecule has 1 atom stereocenters. The summed E-state index contributed by atoms with van der Waals surface area (Å²) in [5, 5.41) is 11.3. The van der Waals surface area contributed by atoms with Crippen LogP contribution in [0.15, 0.2) is 65.7 Å². The minimum atomic E-state index is -0.944. The van der Waals surface area contributed by atoms with Crippen molar-refractivity contribution in [3.63, 3.8) is 0 Å². The van der Waals surface area contributed by atoms with Crippen LogP contribution in [0.5, 0.6) is 0 Å². The number of benzene rings is 2. The molecule has 3 heteroatoms. The van der Waals surface area contributed by atoms with Crippen molar-refractivity contribution in [3.8, 4) is 0 Å². The molecule has 1 aliphatic rings. The van der Waals surface area contributed by atoms with Gasteiger partial charge in [0.2, 0.25) is 0 Å². The van der Waals surface area contributed by atoms with E-state index in [1.165, 1.54) is 0 Å². The summed E-state index contributed by atoms with van der Waals surface area (Å²) in [6.07, 6.45) is 1.13. The van der Waals surface area contributed by atoms with Crippen molar-refractivity contribution in [3.05, 3.63) is 71.8 Å². The smallest absolute Gasteiger partial charge is 0.180 e. The molecule has 2 aromatic carbocycles. The van der Waals surface area contributed by atoms with Gasteiger partial charge in [0.1, 0.15) is 12.6 Å². The van der Waals surface area contributed by atoms with Gasteiger partial charge in [-0.2, -0.15) is 0 Å². The van der Waals surface area contributed by atoms with Gasteiger partial charge in [-0.15, -0.1) is 0 Å². The van der Waals surface area contributed by atoms with Gasteiger partial charge < -0.3 is 9.84 Å². The van der Waals surface area contributed by atoms with E-state index >= 15 is 0 Å². The first-order valence-corrected chi connectivity index (χ1v) is 7.63. The highest BCUT2D eigenvalue weighted by Gasteiger charge is 2.40. The van der Waals surface area contributed by atoms with Crippen molar-refractivity contribution in [2.24, 2.45) is 4.99 Å². The standard InChI is InChI=1S/C19H21NO2/c1-15-20-18(14-22-15)19(21,12-16-8-4-2-5-9-16)13-17-10-6-3-7-11-17/h2-11,18,21H,12-14H2,1H3/t18-/m0/s1. The summed E-state index contributed by atoms with van der Waals surface area (Å²) in [5.74, 6) is 0.657. The van der Waals surface area contributed by atoms with Crippen LogP contribution in [0.2, 0.25) is 0 Å². The van der Waals surface area contributed by atoms with Crippen LogP contribution in [0.25, 0.3) is 0 Å². The Balaban J connectivity index is 1.88. The lowest BCUT2D eigenvalue weighted by Gasteiger charge is -2.32. The van der Waals surface area contributed by atoms with Crippen molar-refractivity contribution in [1.29, 1.82) is 0 Å². The molecule has 3 rings (SSSR count). The molecule has 0 spiro atoms. The molecule has 1 heterocycles. The highest BCUT2D eigenvalue weighted by Crippen LogP contribution is 2.27. The van der Waals surface area contributed by atoms with Gasteiger partial charge in [-0.25, -0.2) is 4.99 Å². The quantitative estimate of drug-likeness (QED) is 0.921. The molecule has 114 valence electrons. The van der Waals surface area contributed by atoms with Gasteiger partial charge in [-0.1, -0.05) is 60.7 Å². The zero-order chi connectivity index (χ0) is 15.4. The number of nitrogens with zero attached hydrogens (tertiary/aromatic N) is 1. The molecule has 22 heavy (non-hydrogen) atoms. The van der Waals surface area contributed by atoms with Crippen LogP contribution in [0.1, 0.15) is 18.1 Å². The van der Waals surface area contributed by atoms with E-state index in [1.54, 1.807) is 0 Å². The Morgan fingerprint density at radius 1 is 1.00 bits per heavy atom. The molecule has 0 saturated carbocycles. The molecule has 0 aliphatic carbocycles. The number of aliphatic imine (C=N–C) groups is 1. The Morgan fingerprint density at radius 3 is 1.91 bits per heavy atom. The number of hydrogen-bond donors (Lipinski definition) is 1. The van der Waals surface area contributed by atoms with Crippen LogP contribution >= 0.6 is 0 Å². The minimum Gasteiger partial charge on any atom is -0.479 e. The topological polar surface area (TPSA) is 41.8 Å². The maximum atomic E-state index is 11.3. The van der Waals surface area contributed by atoms with E-state index in [0.717, 1.165) is 11.1 Å². The average Bonchev–Trinajstić information content (AvgIpc) is 2.96. The zero-order valence-corrected chi connectivity index (χ0v) is 12.8. The zero-order valence-electron chi connectivity index (χ0n) is 12.8. The van der Waals surface area contributed by atoms with Gasteiger partial charge >= 0.3 is 0 Å². The fourth-order valence-corrected chi connectivity index (χ4v) is 2.97. The lowest BCUT2D eigenvalue weighted by molar-refractivity contribution is 0.00803. The van der Waals surface area contributed by atoms with Gasteiger partial charge in [0.25, 0.3) is 0 Å². The van der Waals surface area contributed by atoms with Crippen molar-refractivity contribution in [1.82, 2.24) is 0 Å². The molecule has 0 fully saturated rings. The van der Waals surface area contributed by atoms with Crippen molar-refractivity contribution in [2.45, 2.75) is 31.4 Å². The molecule has 2 aromatic rings. The van der Waals surface area contributed by atoms with Crippen molar-refractivity contribution in [2.75, 3.05) is 6.61 Å². The molecule has 0 radical (unpaired) electrons.